The van der Waals surface area contributed by atoms with Crippen molar-refractivity contribution in [3.8, 4) is 0 Å². The molecule has 6 heteroatoms. The summed E-state index contributed by atoms with van der Waals surface area (Å²) in [7, 11) is 0. The van der Waals surface area contributed by atoms with E-state index in [9.17, 15) is 14.0 Å². The third kappa shape index (κ3) is 2.80. The van der Waals surface area contributed by atoms with Gasteiger partial charge in [-0.2, -0.15) is 0 Å². The average Bonchev–Trinajstić information content (AvgIpc) is 3.26. The van der Waals surface area contributed by atoms with E-state index in [0.717, 1.165) is 21.7 Å². The second kappa shape index (κ2) is 7.07. The lowest BCUT2D eigenvalue weighted by Gasteiger charge is -2.29. The zero-order chi connectivity index (χ0) is 20.8. The number of hydroxylamine groups is 1. The van der Waals surface area contributed by atoms with Crippen LogP contribution in [0.15, 0.2) is 78.9 Å². The maximum atomic E-state index is 13.4. The second-order valence-corrected chi connectivity index (χ2v) is 7.51. The molecular formula is C24H19FN2O3. The van der Waals surface area contributed by atoms with Crippen LogP contribution in [0.4, 0.5) is 15.8 Å². The SMILES string of the molecule is Cc1ccccc1N1O[C@H]2C(=O)N(c3ccc(F)cc3)C(=O)[C@@H]2[C@@H]1c1ccccc1. The van der Waals surface area contributed by atoms with E-state index in [-0.39, 0.29) is 5.91 Å². The highest BCUT2D eigenvalue weighted by molar-refractivity contribution is 6.23. The molecule has 0 unspecified atom stereocenters. The van der Waals surface area contributed by atoms with Crippen molar-refractivity contribution in [2.45, 2.75) is 19.1 Å². The summed E-state index contributed by atoms with van der Waals surface area (Å²) < 4.78 is 13.3. The van der Waals surface area contributed by atoms with Crippen LogP contribution in [0.2, 0.25) is 0 Å². The van der Waals surface area contributed by atoms with Crippen LogP contribution in [-0.4, -0.2) is 17.9 Å². The number of carbonyl (C=O) groups is 2. The number of para-hydroxylation sites is 1. The van der Waals surface area contributed by atoms with Gasteiger partial charge in [0, 0.05) is 0 Å². The molecule has 2 aliphatic heterocycles. The summed E-state index contributed by atoms with van der Waals surface area (Å²) in [6.45, 7) is 1.96. The number of halogens is 1. The molecule has 2 fully saturated rings. The van der Waals surface area contributed by atoms with Crippen molar-refractivity contribution in [3.63, 3.8) is 0 Å². The summed E-state index contributed by atoms with van der Waals surface area (Å²) >= 11 is 0. The monoisotopic (exact) mass is 402 g/mol. The number of carbonyl (C=O) groups excluding carboxylic acids is 2. The largest absolute Gasteiger partial charge is 0.273 e. The lowest BCUT2D eigenvalue weighted by atomic mass is 9.90. The van der Waals surface area contributed by atoms with Crippen LogP contribution < -0.4 is 9.96 Å². The maximum Gasteiger partial charge on any atom is 0.266 e. The minimum absolute atomic E-state index is 0.346. The van der Waals surface area contributed by atoms with E-state index >= 15 is 0 Å². The molecule has 2 saturated heterocycles. The first-order chi connectivity index (χ1) is 14.6. The standard InChI is InChI=1S/C24H19FN2O3/c1-15-7-5-6-10-19(15)27-21(16-8-3-2-4-9-16)20-22(30-27)24(29)26(23(20)28)18-13-11-17(25)12-14-18/h2-14,20-22H,1H3/t20-,21+,22-/m1/s1. The summed E-state index contributed by atoms with van der Waals surface area (Å²) in [5, 5.41) is 1.69. The van der Waals surface area contributed by atoms with Gasteiger partial charge in [-0.3, -0.25) is 14.4 Å². The number of amides is 2. The smallest absolute Gasteiger partial charge is 0.266 e. The lowest BCUT2D eigenvalue weighted by molar-refractivity contribution is -0.126. The van der Waals surface area contributed by atoms with Crippen LogP contribution in [0.3, 0.4) is 0 Å². The number of nitrogens with zero attached hydrogens (tertiary/aromatic N) is 2. The molecule has 0 saturated carbocycles. The highest BCUT2D eigenvalue weighted by atomic mass is 19.1. The molecule has 3 atom stereocenters. The number of aryl methyl sites for hydroxylation is 1. The van der Waals surface area contributed by atoms with Gasteiger partial charge in [0.2, 0.25) is 5.91 Å². The number of fused-ring (bicyclic) bond motifs is 1. The van der Waals surface area contributed by atoms with Gasteiger partial charge in [0.05, 0.1) is 17.4 Å². The second-order valence-electron chi connectivity index (χ2n) is 7.51. The van der Waals surface area contributed by atoms with E-state index in [1.165, 1.54) is 24.3 Å². The third-order valence-electron chi connectivity index (χ3n) is 5.69. The van der Waals surface area contributed by atoms with Crippen molar-refractivity contribution in [1.82, 2.24) is 0 Å². The summed E-state index contributed by atoms with van der Waals surface area (Å²) in [5.74, 6) is -1.91. The summed E-state index contributed by atoms with van der Waals surface area (Å²) in [6, 6.07) is 22.2. The van der Waals surface area contributed by atoms with Crippen molar-refractivity contribution in [1.29, 1.82) is 0 Å². The molecule has 0 aromatic heterocycles. The van der Waals surface area contributed by atoms with E-state index in [1.807, 2.05) is 61.5 Å². The Hall–Kier alpha value is -3.51. The first kappa shape index (κ1) is 18.5. The van der Waals surface area contributed by atoms with Crippen LogP contribution in [-0.2, 0) is 14.4 Å². The number of hydrogen-bond acceptors (Lipinski definition) is 4. The van der Waals surface area contributed by atoms with Crippen molar-refractivity contribution in [2.24, 2.45) is 5.92 Å². The molecule has 3 aromatic carbocycles. The van der Waals surface area contributed by atoms with Crippen LogP contribution in [0.25, 0.3) is 0 Å². The van der Waals surface area contributed by atoms with E-state index < -0.39 is 29.8 Å². The topological polar surface area (TPSA) is 49.9 Å². The van der Waals surface area contributed by atoms with Gasteiger partial charge in [0.15, 0.2) is 6.10 Å². The molecule has 0 radical (unpaired) electrons. The number of rotatable bonds is 3. The molecule has 0 aliphatic carbocycles. The van der Waals surface area contributed by atoms with Crippen LogP contribution in [0.5, 0.6) is 0 Å². The first-order valence-corrected chi connectivity index (χ1v) is 9.76. The van der Waals surface area contributed by atoms with Crippen LogP contribution >= 0.6 is 0 Å². The molecule has 150 valence electrons. The van der Waals surface area contributed by atoms with Gasteiger partial charge in [-0.1, -0.05) is 48.5 Å². The van der Waals surface area contributed by atoms with Gasteiger partial charge < -0.3 is 0 Å². The van der Waals surface area contributed by atoms with Gasteiger partial charge in [-0.15, -0.1) is 0 Å². The Morgan fingerprint density at radius 2 is 1.50 bits per heavy atom. The first-order valence-electron chi connectivity index (χ1n) is 9.76. The molecule has 5 rings (SSSR count). The quantitative estimate of drug-likeness (QED) is 0.617. The van der Waals surface area contributed by atoms with Crippen molar-refractivity contribution < 1.29 is 18.8 Å². The van der Waals surface area contributed by atoms with Crippen LogP contribution in [0, 0.1) is 18.7 Å². The average molecular weight is 402 g/mol. The van der Waals surface area contributed by atoms with Gasteiger partial charge in [0.1, 0.15) is 11.7 Å². The summed E-state index contributed by atoms with van der Waals surface area (Å²) in [4.78, 5) is 33.8. The minimum atomic E-state index is -0.938. The number of imide groups is 1. The third-order valence-corrected chi connectivity index (χ3v) is 5.69. The van der Waals surface area contributed by atoms with Gasteiger partial charge in [-0.25, -0.2) is 14.4 Å². The molecule has 0 spiro atoms. The fourth-order valence-corrected chi connectivity index (χ4v) is 4.27. The maximum absolute atomic E-state index is 13.4. The summed E-state index contributed by atoms with van der Waals surface area (Å²) in [6.07, 6.45) is -0.938. The fraction of sp³-hybridized carbons (Fsp3) is 0.167. The molecule has 0 N–H and O–H groups in total. The lowest BCUT2D eigenvalue weighted by Crippen LogP contribution is -2.37. The number of anilines is 2. The molecule has 30 heavy (non-hydrogen) atoms. The van der Waals surface area contributed by atoms with Crippen molar-refractivity contribution in [2.75, 3.05) is 9.96 Å². The Bertz CT molecular complexity index is 1120. The number of benzene rings is 3. The Kier molecular flexibility index (Phi) is 4.37. The predicted molar refractivity (Wildman–Crippen MR) is 110 cm³/mol. The Balaban J connectivity index is 1.59. The highest BCUT2D eigenvalue weighted by Crippen LogP contribution is 2.48. The minimum Gasteiger partial charge on any atom is -0.273 e. The predicted octanol–water partition coefficient (Wildman–Crippen LogP) is 4.19. The molecule has 3 aromatic rings. The molecular weight excluding hydrogens is 383 g/mol. The number of hydrogen-bond donors (Lipinski definition) is 0. The molecule has 2 aliphatic rings. The highest BCUT2D eigenvalue weighted by Gasteiger charge is 2.60. The molecule has 5 nitrogen and oxygen atoms in total. The summed E-state index contributed by atoms with van der Waals surface area (Å²) in [5.41, 5.74) is 3.03. The fourth-order valence-electron chi connectivity index (χ4n) is 4.27. The van der Waals surface area contributed by atoms with E-state index in [1.54, 1.807) is 5.06 Å². The van der Waals surface area contributed by atoms with E-state index in [2.05, 4.69) is 0 Å². The van der Waals surface area contributed by atoms with Crippen molar-refractivity contribution >= 4 is 23.2 Å². The zero-order valence-corrected chi connectivity index (χ0v) is 16.2. The van der Waals surface area contributed by atoms with E-state index in [4.69, 9.17) is 4.84 Å². The Morgan fingerprint density at radius 1 is 0.833 bits per heavy atom. The Labute approximate surface area is 173 Å². The van der Waals surface area contributed by atoms with Gasteiger partial charge in [-0.05, 0) is 48.4 Å². The van der Waals surface area contributed by atoms with Gasteiger partial charge in [0.25, 0.3) is 5.91 Å². The molecule has 2 heterocycles. The molecule has 0 bridgehead atoms. The van der Waals surface area contributed by atoms with E-state index in [0.29, 0.717) is 5.69 Å². The Morgan fingerprint density at radius 3 is 2.20 bits per heavy atom. The zero-order valence-electron chi connectivity index (χ0n) is 16.2. The van der Waals surface area contributed by atoms with Gasteiger partial charge >= 0.3 is 0 Å². The molecule has 2 amide bonds. The normalized spacial score (nSPS) is 23.2. The van der Waals surface area contributed by atoms with Crippen LogP contribution in [0.1, 0.15) is 17.2 Å². The van der Waals surface area contributed by atoms with Crippen molar-refractivity contribution in [3.05, 3.63) is 95.8 Å².